The Balaban J connectivity index is 3.29. The molecule has 0 radical (unpaired) electrons. The van der Waals surface area contributed by atoms with Gasteiger partial charge in [-0.2, -0.15) is 0 Å². The SMILES string of the molecule is CCC(CC)N(CCO)c1ncnc(Cl)c1[N+](=O)[O-]. The van der Waals surface area contributed by atoms with Crippen LogP contribution in [-0.2, 0) is 0 Å². The van der Waals surface area contributed by atoms with Crippen LogP contribution in [0.4, 0.5) is 11.5 Å². The summed E-state index contributed by atoms with van der Waals surface area (Å²) in [5, 5.41) is 20.1. The second-order valence-electron chi connectivity index (χ2n) is 3.98. The number of hydrogen-bond acceptors (Lipinski definition) is 6. The molecular weight excluding hydrogens is 272 g/mol. The summed E-state index contributed by atoms with van der Waals surface area (Å²) in [6.07, 6.45) is 2.77. The minimum atomic E-state index is -0.593. The Hall–Kier alpha value is -1.47. The van der Waals surface area contributed by atoms with Gasteiger partial charge in [-0.3, -0.25) is 10.1 Å². The number of nitro groups is 1. The molecule has 0 atom stereocenters. The van der Waals surface area contributed by atoms with E-state index in [1.807, 2.05) is 13.8 Å². The van der Waals surface area contributed by atoms with Crippen molar-refractivity contribution in [1.82, 2.24) is 9.97 Å². The van der Waals surface area contributed by atoms with Crippen LogP contribution in [0, 0.1) is 10.1 Å². The zero-order valence-corrected chi connectivity index (χ0v) is 11.7. The molecule has 0 fully saturated rings. The first-order chi connectivity index (χ1) is 9.06. The van der Waals surface area contributed by atoms with Gasteiger partial charge in [-0.05, 0) is 12.8 Å². The summed E-state index contributed by atoms with van der Waals surface area (Å²) >= 11 is 5.78. The lowest BCUT2D eigenvalue weighted by molar-refractivity contribution is -0.384. The molecule has 1 aromatic rings. The summed E-state index contributed by atoms with van der Waals surface area (Å²) in [4.78, 5) is 19.8. The Bertz CT molecular complexity index is 440. The van der Waals surface area contributed by atoms with E-state index in [0.29, 0.717) is 0 Å². The minimum Gasteiger partial charge on any atom is -0.395 e. The molecule has 0 bridgehead atoms. The average Bonchev–Trinajstić information content (AvgIpc) is 2.38. The fraction of sp³-hybridized carbons (Fsp3) is 0.636. The van der Waals surface area contributed by atoms with E-state index in [9.17, 15) is 10.1 Å². The predicted octanol–water partition coefficient (Wildman–Crippen LogP) is 2.03. The summed E-state index contributed by atoms with van der Waals surface area (Å²) in [5.74, 6) is 0.160. The van der Waals surface area contributed by atoms with Gasteiger partial charge in [-0.25, -0.2) is 9.97 Å². The fourth-order valence-electron chi connectivity index (χ4n) is 2.01. The fourth-order valence-corrected chi connectivity index (χ4v) is 2.21. The highest BCUT2D eigenvalue weighted by Crippen LogP contribution is 2.33. The van der Waals surface area contributed by atoms with Crippen molar-refractivity contribution in [2.24, 2.45) is 0 Å². The van der Waals surface area contributed by atoms with Crippen molar-refractivity contribution >= 4 is 23.1 Å². The lowest BCUT2D eigenvalue weighted by Gasteiger charge is -2.30. The summed E-state index contributed by atoms with van der Waals surface area (Å²) in [5.41, 5.74) is -0.315. The average molecular weight is 289 g/mol. The van der Waals surface area contributed by atoms with Gasteiger partial charge in [0.05, 0.1) is 11.5 Å². The molecule has 1 aromatic heterocycles. The second kappa shape index (κ2) is 7.20. The van der Waals surface area contributed by atoms with Crippen LogP contribution in [0.5, 0.6) is 0 Å². The van der Waals surface area contributed by atoms with E-state index in [0.717, 1.165) is 12.8 Å². The van der Waals surface area contributed by atoms with Gasteiger partial charge in [0.2, 0.25) is 11.0 Å². The number of hydrogen-bond donors (Lipinski definition) is 1. The van der Waals surface area contributed by atoms with Crippen LogP contribution in [0.1, 0.15) is 26.7 Å². The van der Waals surface area contributed by atoms with Crippen molar-refractivity contribution < 1.29 is 10.0 Å². The van der Waals surface area contributed by atoms with Crippen molar-refractivity contribution in [1.29, 1.82) is 0 Å². The molecule has 0 aliphatic rings. The van der Waals surface area contributed by atoms with E-state index >= 15 is 0 Å². The third-order valence-electron chi connectivity index (χ3n) is 2.94. The lowest BCUT2D eigenvalue weighted by atomic mass is 10.1. The summed E-state index contributed by atoms with van der Waals surface area (Å²) in [7, 11) is 0. The van der Waals surface area contributed by atoms with Gasteiger partial charge in [0, 0.05) is 12.6 Å². The summed E-state index contributed by atoms with van der Waals surface area (Å²) in [6, 6.07) is 0.0526. The number of aromatic nitrogens is 2. The van der Waals surface area contributed by atoms with Gasteiger partial charge < -0.3 is 10.0 Å². The molecule has 0 saturated carbocycles. The molecular formula is C11H17ClN4O3. The van der Waals surface area contributed by atoms with Crippen molar-refractivity contribution in [2.45, 2.75) is 32.7 Å². The van der Waals surface area contributed by atoms with E-state index in [4.69, 9.17) is 16.7 Å². The molecule has 7 nitrogen and oxygen atoms in total. The van der Waals surface area contributed by atoms with Crippen molar-refractivity contribution in [3.63, 3.8) is 0 Å². The highest BCUT2D eigenvalue weighted by Gasteiger charge is 2.28. The third-order valence-corrected chi connectivity index (χ3v) is 3.21. The number of halogens is 1. The molecule has 0 aliphatic carbocycles. The first kappa shape index (κ1) is 15.6. The van der Waals surface area contributed by atoms with E-state index < -0.39 is 4.92 Å². The minimum absolute atomic E-state index is 0.0526. The van der Waals surface area contributed by atoms with Crippen LogP contribution in [-0.4, -0.2) is 39.2 Å². The highest BCUT2D eigenvalue weighted by atomic mass is 35.5. The smallest absolute Gasteiger partial charge is 0.348 e. The van der Waals surface area contributed by atoms with E-state index in [2.05, 4.69) is 9.97 Å². The summed E-state index contributed by atoms with van der Waals surface area (Å²) in [6.45, 7) is 4.11. The van der Waals surface area contributed by atoms with Gasteiger partial charge in [0.1, 0.15) is 6.33 Å². The van der Waals surface area contributed by atoms with E-state index in [1.165, 1.54) is 6.33 Å². The van der Waals surface area contributed by atoms with Gasteiger partial charge in [0.25, 0.3) is 0 Å². The maximum atomic E-state index is 11.1. The Morgan fingerprint density at radius 2 is 2.11 bits per heavy atom. The van der Waals surface area contributed by atoms with E-state index in [1.54, 1.807) is 4.90 Å². The molecule has 19 heavy (non-hydrogen) atoms. The molecule has 0 saturated heterocycles. The molecule has 1 heterocycles. The quantitative estimate of drug-likeness (QED) is 0.469. The second-order valence-corrected chi connectivity index (χ2v) is 4.34. The van der Waals surface area contributed by atoms with Crippen LogP contribution >= 0.6 is 11.6 Å². The molecule has 0 amide bonds. The van der Waals surface area contributed by atoms with Gasteiger partial charge >= 0.3 is 5.69 Å². The molecule has 0 unspecified atom stereocenters. The highest BCUT2D eigenvalue weighted by molar-refractivity contribution is 6.31. The molecule has 8 heteroatoms. The zero-order valence-electron chi connectivity index (χ0n) is 10.9. The van der Waals surface area contributed by atoms with Gasteiger partial charge in [-0.1, -0.05) is 25.4 Å². The number of rotatable bonds is 7. The zero-order chi connectivity index (χ0) is 14.4. The van der Waals surface area contributed by atoms with Gasteiger partial charge in [0.15, 0.2) is 0 Å². The van der Waals surface area contributed by atoms with Crippen molar-refractivity contribution in [3.05, 3.63) is 21.6 Å². The monoisotopic (exact) mass is 288 g/mol. The Morgan fingerprint density at radius 3 is 2.58 bits per heavy atom. The molecule has 106 valence electrons. The Kier molecular flexibility index (Phi) is 5.91. The predicted molar refractivity (Wildman–Crippen MR) is 72.5 cm³/mol. The third kappa shape index (κ3) is 3.51. The van der Waals surface area contributed by atoms with Crippen LogP contribution in [0.15, 0.2) is 6.33 Å². The molecule has 0 spiro atoms. The molecule has 1 rings (SSSR count). The Labute approximate surface area is 116 Å². The summed E-state index contributed by atoms with van der Waals surface area (Å²) < 4.78 is 0. The van der Waals surface area contributed by atoms with Crippen LogP contribution in [0.3, 0.4) is 0 Å². The van der Waals surface area contributed by atoms with Crippen LogP contribution < -0.4 is 4.90 Å². The normalized spacial score (nSPS) is 10.8. The lowest BCUT2D eigenvalue weighted by Crippen LogP contribution is -2.38. The van der Waals surface area contributed by atoms with Crippen LogP contribution in [0.25, 0.3) is 0 Å². The number of aliphatic hydroxyl groups excluding tert-OH is 1. The first-order valence-corrected chi connectivity index (χ1v) is 6.46. The Morgan fingerprint density at radius 1 is 1.47 bits per heavy atom. The largest absolute Gasteiger partial charge is 0.395 e. The number of aliphatic hydroxyl groups is 1. The standard InChI is InChI=1S/C11H17ClN4O3/c1-3-8(4-2)15(5-6-17)11-9(16(18)19)10(12)13-7-14-11/h7-8,17H,3-6H2,1-2H3. The van der Waals surface area contributed by atoms with Gasteiger partial charge in [-0.15, -0.1) is 0 Å². The number of anilines is 1. The maximum absolute atomic E-state index is 11.1. The molecule has 0 aromatic carbocycles. The number of nitrogens with zero attached hydrogens (tertiary/aromatic N) is 4. The molecule has 0 aliphatic heterocycles. The topological polar surface area (TPSA) is 92.4 Å². The maximum Gasteiger partial charge on any atom is 0.348 e. The molecule has 1 N–H and O–H groups in total. The van der Waals surface area contributed by atoms with Crippen molar-refractivity contribution in [3.8, 4) is 0 Å². The van der Waals surface area contributed by atoms with Crippen LogP contribution in [0.2, 0.25) is 5.15 Å². The first-order valence-electron chi connectivity index (χ1n) is 6.09. The van der Waals surface area contributed by atoms with Crippen molar-refractivity contribution in [2.75, 3.05) is 18.1 Å². The van der Waals surface area contributed by atoms with E-state index in [-0.39, 0.29) is 35.9 Å².